The van der Waals surface area contributed by atoms with Gasteiger partial charge in [0, 0.05) is 5.38 Å². The summed E-state index contributed by atoms with van der Waals surface area (Å²) < 4.78 is 5.62. The lowest BCUT2D eigenvalue weighted by atomic mass is 10.00. The molecule has 4 aromatic rings. The molecule has 2 heterocycles. The number of carbonyl (C=O) groups is 1. The molecule has 29 heavy (non-hydrogen) atoms. The van der Waals surface area contributed by atoms with Gasteiger partial charge in [0.05, 0.1) is 28.9 Å². The molecule has 1 amide bonds. The van der Waals surface area contributed by atoms with Crippen LogP contribution in [0.25, 0.3) is 10.8 Å². The van der Waals surface area contributed by atoms with Crippen molar-refractivity contribution >= 4 is 39.8 Å². The molecule has 0 aliphatic carbocycles. The number of aryl methyl sites for hydroxylation is 1. The number of fused-ring (bicyclic) bond motifs is 1. The van der Waals surface area contributed by atoms with Crippen molar-refractivity contribution in [3.8, 4) is 0 Å². The Hall–Kier alpha value is -2.71. The molecule has 0 bridgehead atoms. The van der Waals surface area contributed by atoms with Gasteiger partial charge in [-0.3, -0.25) is 4.79 Å². The number of thioether (sulfide) groups is 1. The molecule has 2 aromatic carbocycles. The van der Waals surface area contributed by atoms with E-state index in [0.29, 0.717) is 17.5 Å². The second-order valence-corrected chi connectivity index (χ2v) is 8.63. The Kier molecular flexibility index (Phi) is 5.92. The Morgan fingerprint density at radius 3 is 2.86 bits per heavy atom. The molecule has 148 valence electrons. The summed E-state index contributed by atoms with van der Waals surface area (Å²) in [6, 6.07) is 14.2. The van der Waals surface area contributed by atoms with Crippen LogP contribution in [0.5, 0.6) is 0 Å². The van der Waals surface area contributed by atoms with E-state index in [1.807, 2.05) is 43.5 Å². The molecule has 1 N–H and O–H groups in total. The monoisotopic (exact) mass is 424 g/mol. The summed E-state index contributed by atoms with van der Waals surface area (Å²) in [5.41, 5.74) is 2.01. The number of amides is 1. The van der Waals surface area contributed by atoms with Crippen LogP contribution in [-0.4, -0.2) is 26.8 Å². The lowest BCUT2D eigenvalue weighted by Gasteiger charge is -2.16. The van der Waals surface area contributed by atoms with Gasteiger partial charge in [-0.2, -0.15) is 0 Å². The number of carbonyl (C=O) groups excluding carboxylic acids is 1. The molecule has 0 saturated carbocycles. The number of hydrogen-bond acceptors (Lipinski definition) is 7. The zero-order chi connectivity index (χ0) is 20.2. The van der Waals surface area contributed by atoms with Crippen molar-refractivity contribution in [3.05, 3.63) is 70.0 Å². The Labute approximate surface area is 176 Å². The van der Waals surface area contributed by atoms with Crippen LogP contribution < -0.4 is 5.32 Å². The van der Waals surface area contributed by atoms with Gasteiger partial charge in [0.25, 0.3) is 5.22 Å². The molecule has 2 aromatic heterocycles. The van der Waals surface area contributed by atoms with E-state index in [4.69, 9.17) is 4.42 Å². The topological polar surface area (TPSA) is 80.9 Å². The molecule has 0 radical (unpaired) electrons. The fourth-order valence-corrected chi connectivity index (χ4v) is 4.33. The quantitative estimate of drug-likeness (QED) is 0.439. The Balaban J connectivity index is 1.33. The van der Waals surface area contributed by atoms with Crippen molar-refractivity contribution in [3.63, 3.8) is 0 Å². The number of rotatable bonds is 7. The molecule has 4 rings (SSSR count). The maximum absolute atomic E-state index is 12.4. The predicted octanol–water partition coefficient (Wildman–Crippen LogP) is 4.55. The second-order valence-electron chi connectivity index (χ2n) is 6.64. The van der Waals surface area contributed by atoms with Crippen molar-refractivity contribution in [1.82, 2.24) is 20.5 Å². The van der Waals surface area contributed by atoms with Crippen molar-refractivity contribution in [2.75, 3.05) is 5.75 Å². The molecular formula is C21H20N4O2S2. The van der Waals surface area contributed by atoms with E-state index < -0.39 is 0 Å². The van der Waals surface area contributed by atoms with E-state index in [-0.39, 0.29) is 17.7 Å². The molecular weight excluding hydrogens is 404 g/mol. The van der Waals surface area contributed by atoms with Gasteiger partial charge in [0.15, 0.2) is 0 Å². The summed E-state index contributed by atoms with van der Waals surface area (Å²) in [4.78, 5) is 16.8. The standard InChI is InChI=1S/C21H20N4O2S2/c1-13(17-9-5-7-15-6-3-4-8-18(15)17)22-19(26)12-29-21-25-24-20(27-21)10-16-11-28-14(2)23-16/h3-9,11,13H,10,12H2,1-2H3,(H,22,26)/t13-/m0/s1. The van der Waals surface area contributed by atoms with Gasteiger partial charge in [-0.25, -0.2) is 4.98 Å². The fraction of sp³-hybridized carbons (Fsp3) is 0.238. The van der Waals surface area contributed by atoms with Gasteiger partial charge < -0.3 is 9.73 Å². The SMILES string of the molecule is Cc1nc(Cc2nnc(SCC(=O)N[C@@H](C)c3cccc4ccccc34)o2)cs1. The highest BCUT2D eigenvalue weighted by atomic mass is 32.2. The molecule has 0 aliphatic rings. The maximum Gasteiger partial charge on any atom is 0.277 e. The Morgan fingerprint density at radius 1 is 1.21 bits per heavy atom. The minimum atomic E-state index is -0.0969. The Morgan fingerprint density at radius 2 is 2.03 bits per heavy atom. The number of nitrogens with zero attached hydrogens (tertiary/aromatic N) is 3. The highest BCUT2D eigenvalue weighted by Gasteiger charge is 2.15. The van der Waals surface area contributed by atoms with Gasteiger partial charge in [-0.1, -0.05) is 54.2 Å². The number of nitrogens with one attached hydrogen (secondary N) is 1. The zero-order valence-corrected chi connectivity index (χ0v) is 17.7. The van der Waals surface area contributed by atoms with Gasteiger partial charge >= 0.3 is 0 Å². The molecule has 0 aliphatic heterocycles. The summed E-state index contributed by atoms with van der Waals surface area (Å²) in [6.07, 6.45) is 0.502. The van der Waals surface area contributed by atoms with Crippen LogP contribution in [0.2, 0.25) is 0 Å². The minimum absolute atomic E-state index is 0.0784. The summed E-state index contributed by atoms with van der Waals surface area (Å²) in [6.45, 7) is 3.95. The second kappa shape index (κ2) is 8.75. The first-order valence-corrected chi connectivity index (χ1v) is 11.1. The van der Waals surface area contributed by atoms with Crippen LogP contribution in [0.15, 0.2) is 57.5 Å². The molecule has 1 atom stereocenters. The zero-order valence-electron chi connectivity index (χ0n) is 16.1. The van der Waals surface area contributed by atoms with Crippen molar-refractivity contribution in [2.24, 2.45) is 0 Å². The van der Waals surface area contributed by atoms with Crippen molar-refractivity contribution in [2.45, 2.75) is 31.5 Å². The van der Waals surface area contributed by atoms with E-state index >= 15 is 0 Å². The molecule has 8 heteroatoms. The first-order valence-electron chi connectivity index (χ1n) is 9.21. The highest BCUT2D eigenvalue weighted by Crippen LogP contribution is 2.24. The minimum Gasteiger partial charge on any atom is -0.416 e. The fourth-order valence-electron chi connectivity index (χ4n) is 3.13. The predicted molar refractivity (Wildman–Crippen MR) is 115 cm³/mol. The third kappa shape index (κ3) is 4.83. The number of aromatic nitrogens is 3. The summed E-state index contributed by atoms with van der Waals surface area (Å²) >= 11 is 2.83. The largest absolute Gasteiger partial charge is 0.416 e. The van der Waals surface area contributed by atoms with Gasteiger partial charge in [0.2, 0.25) is 11.8 Å². The summed E-state index contributed by atoms with van der Waals surface area (Å²) in [5.74, 6) is 0.639. The molecule has 0 spiro atoms. The summed E-state index contributed by atoms with van der Waals surface area (Å²) in [5, 5.41) is 16.8. The number of benzene rings is 2. The van der Waals surface area contributed by atoms with Crippen LogP contribution in [0.4, 0.5) is 0 Å². The van der Waals surface area contributed by atoms with Gasteiger partial charge in [0.1, 0.15) is 0 Å². The first-order chi connectivity index (χ1) is 14.1. The number of hydrogen-bond donors (Lipinski definition) is 1. The van der Waals surface area contributed by atoms with Gasteiger partial charge in [-0.15, -0.1) is 21.5 Å². The van der Waals surface area contributed by atoms with Crippen LogP contribution in [0.3, 0.4) is 0 Å². The van der Waals surface area contributed by atoms with E-state index in [0.717, 1.165) is 27.0 Å². The van der Waals surface area contributed by atoms with Crippen molar-refractivity contribution in [1.29, 1.82) is 0 Å². The van der Waals surface area contributed by atoms with E-state index in [9.17, 15) is 4.79 Å². The third-order valence-corrected chi connectivity index (χ3v) is 6.08. The smallest absolute Gasteiger partial charge is 0.277 e. The summed E-state index contributed by atoms with van der Waals surface area (Å²) in [7, 11) is 0. The van der Waals surface area contributed by atoms with Crippen LogP contribution in [0, 0.1) is 6.92 Å². The number of thiazole rings is 1. The maximum atomic E-state index is 12.4. The van der Waals surface area contributed by atoms with Crippen molar-refractivity contribution < 1.29 is 9.21 Å². The first kappa shape index (κ1) is 19.6. The average molecular weight is 425 g/mol. The lowest BCUT2D eigenvalue weighted by molar-refractivity contribution is -0.119. The molecule has 0 fully saturated rings. The normalized spacial score (nSPS) is 12.2. The van der Waals surface area contributed by atoms with Crippen LogP contribution >= 0.6 is 23.1 Å². The van der Waals surface area contributed by atoms with Crippen LogP contribution in [0.1, 0.15) is 35.1 Å². The van der Waals surface area contributed by atoms with E-state index in [2.05, 4.69) is 38.7 Å². The van der Waals surface area contributed by atoms with Gasteiger partial charge in [-0.05, 0) is 30.2 Å². The molecule has 6 nitrogen and oxygen atoms in total. The highest BCUT2D eigenvalue weighted by molar-refractivity contribution is 7.99. The Bertz CT molecular complexity index is 1130. The molecule has 0 unspecified atom stereocenters. The molecule has 0 saturated heterocycles. The van der Waals surface area contributed by atoms with E-state index in [1.54, 1.807) is 11.3 Å². The van der Waals surface area contributed by atoms with E-state index in [1.165, 1.54) is 11.8 Å². The third-order valence-electron chi connectivity index (χ3n) is 4.44. The van der Waals surface area contributed by atoms with Crippen LogP contribution in [-0.2, 0) is 11.2 Å². The average Bonchev–Trinajstić information content (AvgIpc) is 3.34. The lowest BCUT2D eigenvalue weighted by Crippen LogP contribution is -2.28.